The molecule has 156 valence electrons. The number of rotatable bonds is 9. The summed E-state index contributed by atoms with van der Waals surface area (Å²) in [4.78, 5) is 38.9. The zero-order valence-corrected chi connectivity index (χ0v) is 17.0. The number of carbonyl (C=O) groups is 3. The molecule has 1 fully saturated rings. The Hall–Kier alpha value is -3.01. The first kappa shape index (κ1) is 22.3. The van der Waals surface area contributed by atoms with Gasteiger partial charge in [-0.1, -0.05) is 31.4 Å². The van der Waals surface area contributed by atoms with E-state index in [9.17, 15) is 14.4 Å². The zero-order valence-electron chi connectivity index (χ0n) is 17.0. The molecule has 1 saturated heterocycles. The van der Waals surface area contributed by atoms with Gasteiger partial charge in [0.2, 0.25) is 5.91 Å². The minimum atomic E-state index is -0.543. The van der Waals surface area contributed by atoms with Crippen LogP contribution in [0.2, 0.25) is 0 Å². The molecule has 29 heavy (non-hydrogen) atoms. The highest BCUT2D eigenvalue weighted by atomic mass is 16.5. The Kier molecular flexibility index (Phi) is 8.53. The van der Waals surface area contributed by atoms with Crippen LogP contribution in [0.5, 0.6) is 5.75 Å². The van der Waals surface area contributed by atoms with Crippen molar-refractivity contribution in [3.8, 4) is 18.1 Å². The molecule has 1 aromatic carbocycles. The van der Waals surface area contributed by atoms with E-state index in [0.29, 0.717) is 18.7 Å². The maximum atomic E-state index is 12.8. The van der Waals surface area contributed by atoms with Crippen LogP contribution in [-0.4, -0.2) is 49.5 Å². The Morgan fingerprint density at radius 1 is 1.31 bits per heavy atom. The van der Waals surface area contributed by atoms with Gasteiger partial charge in [-0.2, -0.15) is 0 Å². The van der Waals surface area contributed by atoms with Crippen molar-refractivity contribution >= 4 is 17.8 Å². The van der Waals surface area contributed by atoms with Crippen molar-refractivity contribution in [2.24, 2.45) is 5.92 Å². The Morgan fingerprint density at radius 3 is 2.66 bits per heavy atom. The van der Waals surface area contributed by atoms with E-state index < -0.39 is 30.4 Å². The number of ether oxygens (including phenoxy) is 2. The van der Waals surface area contributed by atoms with Gasteiger partial charge in [0.1, 0.15) is 5.75 Å². The number of carbonyl (C=O) groups excluding carboxylic acids is 3. The van der Waals surface area contributed by atoms with Gasteiger partial charge in [0, 0.05) is 13.0 Å². The fraction of sp³-hybridized carbons (Fsp3) is 0.500. The van der Waals surface area contributed by atoms with Crippen LogP contribution in [-0.2, 0) is 19.1 Å². The Bertz CT molecular complexity index is 753. The molecule has 0 aromatic heterocycles. The number of unbranched alkanes of at least 4 members (excludes halogenated alkanes) is 1. The maximum absolute atomic E-state index is 12.8. The molecular weight excluding hydrogens is 372 g/mol. The summed E-state index contributed by atoms with van der Waals surface area (Å²) in [6.07, 6.45) is 7.53. The third-order valence-electron chi connectivity index (χ3n) is 4.95. The van der Waals surface area contributed by atoms with E-state index in [2.05, 4.69) is 18.2 Å². The van der Waals surface area contributed by atoms with E-state index in [-0.39, 0.29) is 18.9 Å². The molecule has 2 rings (SSSR count). The van der Waals surface area contributed by atoms with Crippen LogP contribution in [0.15, 0.2) is 24.3 Å². The predicted octanol–water partition coefficient (Wildman–Crippen LogP) is 2.07. The fourth-order valence-corrected chi connectivity index (χ4v) is 3.45. The molecule has 7 heteroatoms. The lowest BCUT2D eigenvalue weighted by Crippen LogP contribution is -2.46. The zero-order chi connectivity index (χ0) is 21.2. The van der Waals surface area contributed by atoms with Crippen molar-refractivity contribution in [2.45, 2.75) is 38.6 Å². The second-order valence-corrected chi connectivity index (χ2v) is 6.89. The third-order valence-corrected chi connectivity index (χ3v) is 4.95. The van der Waals surface area contributed by atoms with Gasteiger partial charge < -0.3 is 19.7 Å². The average Bonchev–Trinajstić information content (AvgIpc) is 2.75. The van der Waals surface area contributed by atoms with Crippen LogP contribution in [0.1, 0.15) is 44.2 Å². The number of amides is 2. The van der Waals surface area contributed by atoms with Gasteiger partial charge in [-0.05, 0) is 30.5 Å². The minimum absolute atomic E-state index is 0.0232. The summed E-state index contributed by atoms with van der Waals surface area (Å²) in [5, 5.41) is 2.46. The number of likely N-dealkylation sites (tertiary alicyclic amines) is 1. The van der Waals surface area contributed by atoms with E-state index in [1.807, 2.05) is 24.3 Å². The molecule has 2 amide bonds. The topological polar surface area (TPSA) is 84.9 Å². The average molecular weight is 400 g/mol. The van der Waals surface area contributed by atoms with Crippen LogP contribution in [0.4, 0.5) is 0 Å². The van der Waals surface area contributed by atoms with Crippen molar-refractivity contribution in [1.29, 1.82) is 0 Å². The molecule has 0 radical (unpaired) electrons. The minimum Gasteiger partial charge on any atom is -0.497 e. The lowest BCUT2D eigenvalue weighted by atomic mass is 9.84. The number of piperidine rings is 1. The van der Waals surface area contributed by atoms with E-state index in [1.54, 1.807) is 12.0 Å². The molecule has 2 atom stereocenters. The molecule has 0 bridgehead atoms. The Balaban J connectivity index is 2.22. The van der Waals surface area contributed by atoms with Crippen LogP contribution >= 0.6 is 0 Å². The maximum Gasteiger partial charge on any atom is 0.311 e. The van der Waals surface area contributed by atoms with Crippen LogP contribution in [0, 0.1) is 18.3 Å². The van der Waals surface area contributed by atoms with Crippen molar-refractivity contribution in [2.75, 3.05) is 26.8 Å². The van der Waals surface area contributed by atoms with Gasteiger partial charge in [-0.25, -0.2) is 0 Å². The smallest absolute Gasteiger partial charge is 0.311 e. The van der Waals surface area contributed by atoms with Gasteiger partial charge in [-0.3, -0.25) is 14.4 Å². The SMILES string of the molecule is C#CCNC(=O)COC(=O)[C@@H]1CCC(=O)N(CCCC)[C@@H]1c1ccc(OC)cc1. The lowest BCUT2D eigenvalue weighted by molar-refractivity contribution is -0.159. The van der Waals surface area contributed by atoms with Gasteiger partial charge in [-0.15, -0.1) is 6.42 Å². The van der Waals surface area contributed by atoms with Crippen LogP contribution < -0.4 is 10.1 Å². The summed E-state index contributed by atoms with van der Waals surface area (Å²) in [6, 6.07) is 6.90. The molecule has 1 heterocycles. The molecule has 1 N–H and O–H groups in total. The number of esters is 1. The highest BCUT2D eigenvalue weighted by Gasteiger charge is 2.41. The van der Waals surface area contributed by atoms with Gasteiger partial charge in [0.15, 0.2) is 6.61 Å². The standard InChI is InChI=1S/C22H28N2O5/c1-4-6-14-24-20(26)12-11-18(22(27)29-15-19(25)23-13-5-2)21(24)16-7-9-17(28-3)10-8-16/h2,7-10,18,21H,4,6,11-15H2,1,3H3,(H,23,25)/t18-,21-/m1/s1. The highest BCUT2D eigenvalue weighted by Crippen LogP contribution is 2.38. The van der Waals surface area contributed by atoms with E-state index in [4.69, 9.17) is 15.9 Å². The summed E-state index contributed by atoms with van der Waals surface area (Å²) in [7, 11) is 1.58. The molecular formula is C22H28N2O5. The summed E-state index contributed by atoms with van der Waals surface area (Å²) < 4.78 is 10.5. The Labute approximate surface area is 171 Å². The first-order valence-electron chi connectivity index (χ1n) is 9.82. The normalized spacial score (nSPS) is 18.7. The molecule has 7 nitrogen and oxygen atoms in total. The van der Waals surface area contributed by atoms with Gasteiger partial charge in [0.05, 0.1) is 25.6 Å². The number of terminal acetylenes is 1. The van der Waals surface area contributed by atoms with Crippen LogP contribution in [0.3, 0.4) is 0 Å². The van der Waals surface area contributed by atoms with E-state index >= 15 is 0 Å². The Morgan fingerprint density at radius 2 is 2.03 bits per heavy atom. The first-order chi connectivity index (χ1) is 14.0. The number of benzene rings is 1. The van der Waals surface area contributed by atoms with Crippen molar-refractivity contribution in [3.63, 3.8) is 0 Å². The molecule has 0 saturated carbocycles. The van der Waals surface area contributed by atoms with Crippen LogP contribution in [0.25, 0.3) is 0 Å². The quantitative estimate of drug-likeness (QED) is 0.507. The summed E-state index contributed by atoms with van der Waals surface area (Å²) >= 11 is 0. The first-order valence-corrected chi connectivity index (χ1v) is 9.82. The summed E-state index contributed by atoms with van der Waals surface area (Å²) in [6.45, 7) is 2.30. The number of nitrogens with zero attached hydrogens (tertiary/aromatic N) is 1. The van der Waals surface area contributed by atoms with Gasteiger partial charge in [0.25, 0.3) is 5.91 Å². The predicted molar refractivity (Wildman–Crippen MR) is 108 cm³/mol. The van der Waals surface area contributed by atoms with Crippen molar-refractivity contribution < 1.29 is 23.9 Å². The third kappa shape index (κ3) is 5.98. The number of nitrogens with one attached hydrogen (secondary N) is 1. The fourth-order valence-electron chi connectivity index (χ4n) is 3.45. The monoisotopic (exact) mass is 400 g/mol. The number of methoxy groups -OCH3 is 1. The summed E-state index contributed by atoms with van der Waals surface area (Å²) in [5.74, 6) is 1.52. The second-order valence-electron chi connectivity index (χ2n) is 6.89. The highest BCUT2D eigenvalue weighted by molar-refractivity contribution is 5.84. The molecule has 0 aliphatic carbocycles. The number of hydrogen-bond donors (Lipinski definition) is 1. The van der Waals surface area contributed by atoms with Gasteiger partial charge >= 0.3 is 5.97 Å². The summed E-state index contributed by atoms with van der Waals surface area (Å²) in [5.41, 5.74) is 0.841. The molecule has 1 aliphatic heterocycles. The van der Waals surface area contributed by atoms with Crippen molar-refractivity contribution in [3.05, 3.63) is 29.8 Å². The van der Waals surface area contributed by atoms with E-state index in [1.165, 1.54) is 0 Å². The molecule has 0 unspecified atom stereocenters. The largest absolute Gasteiger partial charge is 0.497 e. The molecule has 1 aromatic rings. The molecule has 0 spiro atoms. The number of hydrogen-bond acceptors (Lipinski definition) is 5. The van der Waals surface area contributed by atoms with Crippen molar-refractivity contribution in [1.82, 2.24) is 10.2 Å². The second kappa shape index (κ2) is 11.1. The molecule has 1 aliphatic rings. The lowest BCUT2D eigenvalue weighted by Gasteiger charge is -2.40. The van der Waals surface area contributed by atoms with E-state index in [0.717, 1.165) is 18.4 Å².